The van der Waals surface area contributed by atoms with Crippen LogP contribution in [0.15, 0.2) is 0 Å². The fraction of sp³-hybridized carbons (Fsp3) is 0.857. The van der Waals surface area contributed by atoms with Crippen molar-refractivity contribution in [1.82, 2.24) is 0 Å². The lowest BCUT2D eigenvalue weighted by molar-refractivity contribution is -0.383. The van der Waals surface area contributed by atoms with E-state index in [0.717, 1.165) is 0 Å². The van der Waals surface area contributed by atoms with E-state index in [2.05, 4.69) is 5.73 Å². The second kappa shape index (κ2) is 10.1. The van der Waals surface area contributed by atoms with Gasteiger partial charge in [-0.15, -0.1) is 12.4 Å². The zero-order chi connectivity index (χ0) is 8.85. The molecule has 0 aromatic carbocycles. The minimum Gasteiger partial charge on any atom is -1.00 e. The number of quaternary nitrogens is 1. The van der Waals surface area contributed by atoms with E-state index in [1.165, 1.54) is 0 Å². The number of hydrogen-bond donors (Lipinski definition) is 2. The molecular formula is C7H17Cl2NO3. The molecule has 0 aliphatic carbocycles. The van der Waals surface area contributed by atoms with Gasteiger partial charge in [0.2, 0.25) is 0 Å². The van der Waals surface area contributed by atoms with Crippen LogP contribution in [0.25, 0.3) is 0 Å². The maximum absolute atomic E-state index is 10.8. The van der Waals surface area contributed by atoms with Crippen LogP contribution in [0.4, 0.5) is 0 Å². The molecular weight excluding hydrogens is 217 g/mol. The maximum atomic E-state index is 10.8. The van der Waals surface area contributed by atoms with Crippen molar-refractivity contribution in [3.63, 3.8) is 0 Å². The molecule has 0 aliphatic rings. The van der Waals surface area contributed by atoms with E-state index in [1.807, 2.05) is 0 Å². The van der Waals surface area contributed by atoms with Gasteiger partial charge in [-0.3, -0.25) is 4.79 Å². The average Bonchev–Trinajstić information content (AvgIpc) is 1.85. The number of esters is 1. The van der Waals surface area contributed by atoms with E-state index in [-0.39, 0.29) is 43.3 Å². The first kappa shape index (κ1) is 18.7. The molecule has 0 amide bonds. The van der Waals surface area contributed by atoms with Gasteiger partial charge < -0.3 is 28.0 Å². The predicted molar refractivity (Wildman–Crippen MR) is 46.9 cm³/mol. The molecule has 0 bridgehead atoms. The summed E-state index contributed by atoms with van der Waals surface area (Å²) in [4.78, 5) is 10.8. The van der Waals surface area contributed by atoms with E-state index in [4.69, 9.17) is 9.84 Å². The Morgan fingerprint density at radius 2 is 2.00 bits per heavy atom. The first-order valence-electron chi connectivity index (χ1n) is 3.73. The van der Waals surface area contributed by atoms with Gasteiger partial charge in [0.05, 0.1) is 12.5 Å². The Balaban J connectivity index is -0.000000500. The van der Waals surface area contributed by atoms with Crippen LogP contribution in [0.2, 0.25) is 0 Å². The van der Waals surface area contributed by atoms with Crippen LogP contribution >= 0.6 is 12.4 Å². The highest BCUT2D eigenvalue weighted by atomic mass is 35.5. The lowest BCUT2D eigenvalue weighted by atomic mass is 10.2. The van der Waals surface area contributed by atoms with Crippen LogP contribution in [-0.2, 0) is 9.53 Å². The van der Waals surface area contributed by atoms with Crippen LogP contribution in [-0.4, -0.2) is 29.8 Å². The van der Waals surface area contributed by atoms with Crippen LogP contribution in [0, 0.1) is 0 Å². The van der Waals surface area contributed by atoms with Gasteiger partial charge in [0.1, 0.15) is 12.6 Å². The summed E-state index contributed by atoms with van der Waals surface area (Å²) in [6, 6.07) is 0. The smallest absolute Gasteiger partial charge is 0.308 e. The van der Waals surface area contributed by atoms with Crippen molar-refractivity contribution >= 4 is 18.4 Å². The van der Waals surface area contributed by atoms with Crippen molar-refractivity contribution in [2.45, 2.75) is 32.5 Å². The fourth-order valence-electron chi connectivity index (χ4n) is 0.605. The normalized spacial score (nSPS) is 11.2. The number of carbonyl (C=O) groups excluding carboxylic acids is 1. The number of aliphatic hydroxyl groups excluding tert-OH is 1. The molecule has 0 spiro atoms. The zero-order valence-electron chi connectivity index (χ0n) is 7.83. The van der Waals surface area contributed by atoms with Crippen molar-refractivity contribution in [1.29, 1.82) is 0 Å². The van der Waals surface area contributed by atoms with Crippen molar-refractivity contribution in [3.05, 3.63) is 0 Å². The molecule has 82 valence electrons. The maximum Gasteiger partial charge on any atom is 0.308 e. The molecule has 0 saturated carbocycles. The highest BCUT2D eigenvalue weighted by Gasteiger charge is 2.12. The molecule has 1 atom stereocenters. The van der Waals surface area contributed by atoms with E-state index < -0.39 is 6.10 Å². The quantitative estimate of drug-likeness (QED) is 0.493. The first-order valence-corrected chi connectivity index (χ1v) is 3.73. The summed E-state index contributed by atoms with van der Waals surface area (Å²) in [5.74, 6) is -0.365. The number of hydrogen-bond acceptors (Lipinski definition) is 3. The summed E-state index contributed by atoms with van der Waals surface area (Å²) < 4.78 is 4.80. The summed E-state index contributed by atoms with van der Waals surface area (Å²) in [7, 11) is 0. The number of carbonyl (C=O) groups is 1. The topological polar surface area (TPSA) is 74.2 Å². The van der Waals surface area contributed by atoms with Crippen LogP contribution < -0.4 is 18.1 Å². The molecule has 0 radical (unpaired) electrons. The van der Waals surface area contributed by atoms with Gasteiger partial charge in [0, 0.05) is 0 Å². The van der Waals surface area contributed by atoms with Crippen molar-refractivity contribution in [2.24, 2.45) is 0 Å². The zero-order valence-corrected chi connectivity index (χ0v) is 9.40. The first-order chi connectivity index (χ1) is 5.06. The van der Waals surface area contributed by atoms with Gasteiger partial charge in [0.25, 0.3) is 0 Å². The second-order valence-electron chi connectivity index (χ2n) is 2.69. The molecule has 4 nitrogen and oxygen atoms in total. The summed E-state index contributed by atoms with van der Waals surface area (Å²) in [5, 5.41) is 8.98. The Bertz CT molecular complexity index is 133. The summed E-state index contributed by atoms with van der Waals surface area (Å²) in [5.41, 5.74) is 3.46. The molecule has 1 unspecified atom stereocenters. The third-order valence-corrected chi connectivity index (χ3v) is 1.10. The Morgan fingerprint density at radius 3 is 2.31 bits per heavy atom. The van der Waals surface area contributed by atoms with Crippen molar-refractivity contribution < 1.29 is 32.8 Å². The third kappa shape index (κ3) is 12.0. The average molecular weight is 234 g/mol. The molecule has 0 rings (SSSR count). The van der Waals surface area contributed by atoms with Crippen LogP contribution in [0.3, 0.4) is 0 Å². The van der Waals surface area contributed by atoms with Crippen molar-refractivity contribution in [3.8, 4) is 0 Å². The molecule has 0 heterocycles. The molecule has 13 heavy (non-hydrogen) atoms. The van der Waals surface area contributed by atoms with E-state index in [1.54, 1.807) is 13.8 Å². The Labute approximate surface area is 90.6 Å². The largest absolute Gasteiger partial charge is 1.00 e. The van der Waals surface area contributed by atoms with Gasteiger partial charge in [0.15, 0.2) is 0 Å². The van der Waals surface area contributed by atoms with E-state index in [9.17, 15) is 4.79 Å². The summed E-state index contributed by atoms with van der Waals surface area (Å²) in [6.07, 6.45) is -0.734. The number of ether oxygens (including phenoxy) is 1. The molecule has 6 heteroatoms. The Morgan fingerprint density at radius 1 is 1.54 bits per heavy atom. The SMILES string of the molecule is CC(C)OC(=O)CC(O)C[NH3+].Cl.[Cl-]. The highest BCUT2D eigenvalue weighted by molar-refractivity contribution is 5.85. The van der Waals surface area contributed by atoms with Crippen molar-refractivity contribution in [2.75, 3.05) is 6.54 Å². The summed E-state index contributed by atoms with van der Waals surface area (Å²) in [6.45, 7) is 3.89. The highest BCUT2D eigenvalue weighted by Crippen LogP contribution is 1.95. The second-order valence-corrected chi connectivity index (χ2v) is 2.69. The summed E-state index contributed by atoms with van der Waals surface area (Å²) >= 11 is 0. The lowest BCUT2D eigenvalue weighted by Crippen LogP contribution is -3.00. The van der Waals surface area contributed by atoms with Gasteiger partial charge in [-0.05, 0) is 13.8 Å². The van der Waals surface area contributed by atoms with E-state index >= 15 is 0 Å². The minimum atomic E-state index is -0.666. The lowest BCUT2D eigenvalue weighted by Gasteiger charge is -2.08. The number of rotatable bonds is 4. The number of halogens is 2. The van der Waals surface area contributed by atoms with Gasteiger partial charge in [-0.1, -0.05) is 0 Å². The molecule has 0 saturated heterocycles. The van der Waals surface area contributed by atoms with Gasteiger partial charge in [-0.2, -0.15) is 0 Å². The minimum absolute atomic E-state index is 0. The van der Waals surface area contributed by atoms with Gasteiger partial charge in [-0.25, -0.2) is 0 Å². The standard InChI is InChI=1S/C7H15NO3.2ClH/c1-5(2)11-7(10)3-6(9)4-8;;/h5-6,9H,3-4,8H2,1-2H3;2*1H. The van der Waals surface area contributed by atoms with Crippen LogP contribution in [0.5, 0.6) is 0 Å². The van der Waals surface area contributed by atoms with Crippen LogP contribution in [0.1, 0.15) is 20.3 Å². The monoisotopic (exact) mass is 233 g/mol. The van der Waals surface area contributed by atoms with Gasteiger partial charge >= 0.3 is 5.97 Å². The fourth-order valence-corrected chi connectivity index (χ4v) is 0.605. The molecule has 0 aromatic heterocycles. The Kier molecular flexibility index (Phi) is 14.5. The third-order valence-electron chi connectivity index (χ3n) is 1.10. The molecule has 0 fully saturated rings. The van der Waals surface area contributed by atoms with E-state index in [0.29, 0.717) is 6.54 Å². The Hall–Kier alpha value is -0.0300. The predicted octanol–water partition coefficient (Wildman–Crippen LogP) is -3.64. The molecule has 0 aromatic rings. The molecule has 4 N–H and O–H groups in total. The number of aliphatic hydroxyl groups is 1. The molecule has 0 aliphatic heterocycles.